The summed E-state index contributed by atoms with van der Waals surface area (Å²) < 4.78 is 0. The Morgan fingerprint density at radius 3 is 2.42 bits per heavy atom. The zero-order chi connectivity index (χ0) is 17.1. The molecule has 4 aromatic carbocycles. The second kappa shape index (κ2) is 4.85. The van der Waals surface area contributed by atoms with Gasteiger partial charge in [-0.15, -0.1) is 0 Å². The molecule has 0 fully saturated rings. The summed E-state index contributed by atoms with van der Waals surface area (Å²) in [6, 6.07) is 25.5. The monoisotopic (exact) mass is 336 g/mol. The third-order valence-electron chi connectivity index (χ3n) is 5.59. The highest BCUT2D eigenvalue weighted by Gasteiger charge is 2.43. The average molecular weight is 336 g/mol. The van der Waals surface area contributed by atoms with Crippen LogP contribution in [0.3, 0.4) is 0 Å². The lowest BCUT2D eigenvalue weighted by Gasteiger charge is -2.31. The number of nitrogens with zero attached hydrogens (tertiary/aromatic N) is 1. The number of rotatable bonds is 0. The first-order valence-corrected chi connectivity index (χ1v) is 8.87. The highest BCUT2D eigenvalue weighted by Crippen LogP contribution is 2.48. The van der Waals surface area contributed by atoms with E-state index in [1.807, 2.05) is 12.3 Å². The van der Waals surface area contributed by atoms with Crippen molar-refractivity contribution in [3.63, 3.8) is 0 Å². The molecule has 3 nitrogen and oxygen atoms in total. The third-order valence-corrected chi connectivity index (χ3v) is 5.59. The first kappa shape index (κ1) is 13.9. The molecular formula is C23H16N2O. The van der Waals surface area contributed by atoms with E-state index in [2.05, 4.69) is 77.2 Å². The van der Waals surface area contributed by atoms with Crippen LogP contribution in [0.5, 0.6) is 5.75 Å². The van der Waals surface area contributed by atoms with Crippen LogP contribution in [0.4, 0.5) is 5.69 Å². The van der Waals surface area contributed by atoms with E-state index in [4.69, 9.17) is 4.84 Å². The van der Waals surface area contributed by atoms with Gasteiger partial charge < -0.3 is 10.2 Å². The average Bonchev–Trinajstić information content (AvgIpc) is 3.07. The lowest BCUT2D eigenvalue weighted by Crippen LogP contribution is -2.37. The number of anilines is 1. The summed E-state index contributed by atoms with van der Waals surface area (Å²) in [6.07, 6.45) is 2.79. The lowest BCUT2D eigenvalue weighted by molar-refractivity contribution is 0.321. The Labute approximate surface area is 150 Å². The lowest BCUT2D eigenvalue weighted by atomic mass is 9.83. The van der Waals surface area contributed by atoms with Crippen LogP contribution in [0.15, 0.2) is 78.0 Å². The third kappa shape index (κ3) is 1.75. The first-order chi connectivity index (χ1) is 12.8. The first-order valence-electron chi connectivity index (χ1n) is 8.87. The Morgan fingerprint density at radius 2 is 1.54 bits per heavy atom. The summed E-state index contributed by atoms with van der Waals surface area (Å²) in [7, 11) is 0. The predicted molar refractivity (Wildman–Crippen MR) is 106 cm³/mol. The molecule has 2 aliphatic rings. The maximum absolute atomic E-state index is 5.63. The van der Waals surface area contributed by atoms with Crippen molar-refractivity contribution in [2.24, 2.45) is 5.16 Å². The van der Waals surface area contributed by atoms with Crippen LogP contribution >= 0.6 is 0 Å². The molecule has 2 aliphatic heterocycles. The van der Waals surface area contributed by atoms with Gasteiger partial charge in [-0.05, 0) is 27.8 Å². The Bertz CT molecular complexity index is 1230. The van der Waals surface area contributed by atoms with Crippen molar-refractivity contribution < 1.29 is 4.84 Å². The Hall–Kier alpha value is -3.33. The van der Waals surface area contributed by atoms with Gasteiger partial charge in [-0.3, -0.25) is 0 Å². The minimum absolute atomic E-state index is 0.374. The van der Waals surface area contributed by atoms with Gasteiger partial charge >= 0.3 is 0 Å². The predicted octanol–water partition coefficient (Wildman–Crippen LogP) is 5.23. The maximum atomic E-state index is 5.63. The zero-order valence-electron chi connectivity index (χ0n) is 14.1. The number of hydrogen-bond acceptors (Lipinski definition) is 3. The molecule has 3 heteroatoms. The molecule has 6 rings (SSSR count). The van der Waals surface area contributed by atoms with Gasteiger partial charge in [-0.1, -0.05) is 71.9 Å². The van der Waals surface area contributed by atoms with Crippen LogP contribution in [0, 0.1) is 0 Å². The molecule has 0 bridgehead atoms. The molecule has 124 valence electrons. The zero-order valence-corrected chi connectivity index (χ0v) is 14.1. The molecule has 1 atom stereocenters. The number of hydrogen-bond donors (Lipinski definition) is 1. The van der Waals surface area contributed by atoms with Gasteiger partial charge in [0, 0.05) is 23.1 Å². The van der Waals surface area contributed by atoms with Gasteiger partial charge in [0.15, 0.2) is 5.75 Å². The second-order valence-electron chi connectivity index (χ2n) is 7.08. The van der Waals surface area contributed by atoms with Crippen LogP contribution in [-0.4, -0.2) is 6.21 Å². The van der Waals surface area contributed by atoms with E-state index in [9.17, 15) is 0 Å². The summed E-state index contributed by atoms with van der Waals surface area (Å²) >= 11 is 0. The quantitative estimate of drug-likeness (QED) is 0.477. The van der Waals surface area contributed by atoms with E-state index in [1.165, 1.54) is 38.4 Å². The van der Waals surface area contributed by atoms with Gasteiger partial charge in [0.05, 0.1) is 6.21 Å². The minimum atomic E-state index is -0.374. The van der Waals surface area contributed by atoms with Crippen LogP contribution in [-0.2, 0) is 12.0 Å². The molecule has 4 aromatic rings. The van der Waals surface area contributed by atoms with Crippen LogP contribution in [0.2, 0.25) is 0 Å². The molecule has 2 heterocycles. The number of nitrogens with one attached hydrogen (secondary N) is 1. The topological polar surface area (TPSA) is 33.6 Å². The van der Waals surface area contributed by atoms with Gasteiger partial charge in [0.1, 0.15) is 5.54 Å². The Balaban J connectivity index is 1.63. The summed E-state index contributed by atoms with van der Waals surface area (Å²) in [5, 5.41) is 13.0. The molecule has 26 heavy (non-hydrogen) atoms. The van der Waals surface area contributed by atoms with Crippen molar-refractivity contribution in [2.75, 3.05) is 5.32 Å². The Kier molecular flexibility index (Phi) is 2.60. The van der Waals surface area contributed by atoms with E-state index in [0.29, 0.717) is 0 Å². The summed E-state index contributed by atoms with van der Waals surface area (Å²) in [5.74, 6) is 0.829. The van der Waals surface area contributed by atoms with Crippen LogP contribution in [0.25, 0.3) is 21.5 Å². The van der Waals surface area contributed by atoms with E-state index in [1.54, 1.807) is 0 Å². The molecule has 1 N–H and O–H groups in total. The fourth-order valence-electron chi connectivity index (χ4n) is 4.43. The molecule has 0 aromatic heterocycles. The van der Waals surface area contributed by atoms with Gasteiger partial charge in [0.25, 0.3) is 0 Å². The van der Waals surface area contributed by atoms with Crippen LogP contribution in [0.1, 0.15) is 11.1 Å². The van der Waals surface area contributed by atoms with Crippen molar-refractivity contribution in [1.82, 2.24) is 0 Å². The van der Waals surface area contributed by atoms with E-state index < -0.39 is 0 Å². The van der Waals surface area contributed by atoms with Crippen LogP contribution < -0.4 is 10.2 Å². The number of oxime groups is 1. The minimum Gasteiger partial charge on any atom is -0.370 e. The van der Waals surface area contributed by atoms with Gasteiger partial charge in [-0.2, -0.15) is 0 Å². The van der Waals surface area contributed by atoms with Crippen molar-refractivity contribution >= 4 is 33.4 Å². The van der Waals surface area contributed by atoms with Crippen molar-refractivity contribution in [2.45, 2.75) is 12.0 Å². The SMILES string of the molecule is C1=NOc2ccc3ccccc3c2C12Cc1ccc3ccccc3c1N2. The molecule has 0 aliphatic carbocycles. The summed E-state index contributed by atoms with van der Waals surface area (Å²) in [4.78, 5) is 5.63. The summed E-state index contributed by atoms with van der Waals surface area (Å²) in [6.45, 7) is 0. The molecule has 1 unspecified atom stereocenters. The number of fused-ring (bicyclic) bond motifs is 7. The highest BCUT2D eigenvalue weighted by atomic mass is 16.6. The van der Waals surface area contributed by atoms with Gasteiger partial charge in [-0.25, -0.2) is 0 Å². The van der Waals surface area contributed by atoms with Crippen molar-refractivity contribution in [1.29, 1.82) is 0 Å². The standard InChI is InChI=1S/C23H16N2O/c1-3-7-18-15(5-1)11-12-20-21(18)23(14-24-26-20)13-17-10-9-16-6-2-4-8-19(16)22(17)25-23/h1-12,14,25H,13H2. The molecule has 0 saturated carbocycles. The Morgan fingerprint density at radius 1 is 0.808 bits per heavy atom. The van der Waals surface area contributed by atoms with Crippen molar-refractivity contribution in [3.05, 3.63) is 83.9 Å². The van der Waals surface area contributed by atoms with E-state index in [0.717, 1.165) is 12.2 Å². The summed E-state index contributed by atoms with van der Waals surface area (Å²) in [5.41, 5.74) is 3.32. The van der Waals surface area contributed by atoms with E-state index in [-0.39, 0.29) is 5.54 Å². The molecular weight excluding hydrogens is 320 g/mol. The smallest absolute Gasteiger partial charge is 0.164 e. The number of benzene rings is 4. The maximum Gasteiger partial charge on any atom is 0.164 e. The molecule has 0 amide bonds. The fraction of sp³-hybridized carbons (Fsp3) is 0.0870. The molecule has 1 spiro atoms. The molecule has 0 saturated heterocycles. The largest absolute Gasteiger partial charge is 0.370 e. The molecule has 0 radical (unpaired) electrons. The fourth-order valence-corrected chi connectivity index (χ4v) is 4.43. The normalized spacial score (nSPS) is 20.0. The van der Waals surface area contributed by atoms with Crippen molar-refractivity contribution in [3.8, 4) is 5.75 Å². The second-order valence-corrected chi connectivity index (χ2v) is 7.08. The van der Waals surface area contributed by atoms with Gasteiger partial charge in [0.2, 0.25) is 0 Å². The highest BCUT2D eigenvalue weighted by molar-refractivity contribution is 6.02. The van der Waals surface area contributed by atoms with E-state index >= 15 is 0 Å².